The third kappa shape index (κ3) is 6.89. The van der Waals surface area contributed by atoms with Crippen molar-refractivity contribution in [1.82, 2.24) is 0 Å². The number of fused-ring (bicyclic) bond motifs is 25. The average Bonchev–Trinajstić information content (AvgIpc) is 1.50. The maximum Gasteiger partial charge on any atom is 0.0725 e. The van der Waals surface area contributed by atoms with Crippen molar-refractivity contribution in [3.63, 3.8) is 0 Å². The van der Waals surface area contributed by atoms with Crippen LogP contribution in [0.5, 0.6) is 0 Å². The van der Waals surface area contributed by atoms with Crippen molar-refractivity contribution in [2.75, 3.05) is 9.80 Å². The zero-order valence-corrected chi connectivity index (χ0v) is 52.0. The first-order valence-corrected chi connectivity index (χ1v) is 33.8. The molecule has 2 heteroatoms. The third-order valence-electron chi connectivity index (χ3n) is 22.8. The van der Waals surface area contributed by atoms with Crippen LogP contribution in [0.15, 0.2) is 309 Å². The Morgan fingerprint density at radius 3 is 1.04 bits per heavy atom. The van der Waals surface area contributed by atoms with Gasteiger partial charge in [-0.1, -0.05) is 249 Å². The Morgan fingerprint density at radius 1 is 0.245 bits per heavy atom. The van der Waals surface area contributed by atoms with Gasteiger partial charge in [0, 0.05) is 34.1 Å². The van der Waals surface area contributed by atoms with Crippen molar-refractivity contribution in [1.29, 1.82) is 0 Å². The maximum atomic E-state index is 2.70. The van der Waals surface area contributed by atoms with E-state index in [-0.39, 0.29) is 0 Å². The number of benzene rings is 14. The molecule has 2 spiro atoms. The molecule has 0 saturated heterocycles. The van der Waals surface area contributed by atoms with Gasteiger partial charge in [-0.25, -0.2) is 0 Å². The highest BCUT2D eigenvalue weighted by Gasteiger charge is 2.54. The smallest absolute Gasteiger partial charge is 0.0725 e. The Balaban J connectivity index is 0.899. The van der Waals surface area contributed by atoms with Gasteiger partial charge in [0.05, 0.1) is 10.8 Å². The van der Waals surface area contributed by atoms with Gasteiger partial charge < -0.3 is 9.80 Å². The second-order valence-electron chi connectivity index (χ2n) is 27.0. The summed E-state index contributed by atoms with van der Waals surface area (Å²) in [6, 6.07) is 115. The molecule has 0 fully saturated rings. The van der Waals surface area contributed by atoms with E-state index in [2.05, 4.69) is 313 Å². The predicted octanol–water partition coefficient (Wildman–Crippen LogP) is 23.1. The van der Waals surface area contributed by atoms with E-state index in [0.717, 1.165) is 49.9 Å². The Morgan fingerprint density at radius 2 is 0.596 bits per heavy atom. The lowest BCUT2D eigenvalue weighted by Gasteiger charge is -2.33. The largest absolute Gasteiger partial charge is 0.310 e. The van der Waals surface area contributed by atoms with Crippen molar-refractivity contribution < 1.29 is 0 Å². The van der Waals surface area contributed by atoms with Crippen LogP contribution >= 0.6 is 0 Å². The van der Waals surface area contributed by atoms with Crippen LogP contribution in [0.3, 0.4) is 0 Å². The molecule has 0 amide bonds. The fourth-order valence-corrected chi connectivity index (χ4v) is 19.1. The summed E-state index contributed by atoms with van der Waals surface area (Å²) >= 11 is 0. The van der Waals surface area contributed by atoms with Gasteiger partial charge in [-0.05, 0) is 248 Å². The van der Waals surface area contributed by atoms with E-state index in [9.17, 15) is 0 Å². The minimum Gasteiger partial charge on any atom is -0.310 e. The van der Waals surface area contributed by atoms with E-state index in [1.807, 2.05) is 0 Å². The van der Waals surface area contributed by atoms with E-state index in [1.54, 1.807) is 0 Å². The van der Waals surface area contributed by atoms with Crippen LogP contribution in [-0.2, 0) is 36.5 Å². The van der Waals surface area contributed by atoms with Crippen molar-refractivity contribution in [3.8, 4) is 44.5 Å². The molecule has 7 aliphatic rings. The number of para-hydroxylation sites is 4. The fraction of sp³-hybridized carbons (Fsp3) is 0.0870. The summed E-state index contributed by atoms with van der Waals surface area (Å²) < 4.78 is 0. The van der Waals surface area contributed by atoms with Crippen LogP contribution in [0.1, 0.15) is 85.2 Å². The molecule has 0 radical (unpaired) electrons. The maximum absolute atomic E-state index is 2.70. The van der Waals surface area contributed by atoms with Crippen LogP contribution < -0.4 is 9.80 Å². The quantitative estimate of drug-likeness (QED) is 0.162. The molecule has 0 aromatic heterocycles. The van der Waals surface area contributed by atoms with Crippen molar-refractivity contribution in [2.45, 2.75) is 49.4 Å². The first-order valence-electron chi connectivity index (χ1n) is 33.8. The van der Waals surface area contributed by atoms with Crippen LogP contribution in [-0.4, -0.2) is 0 Å². The van der Waals surface area contributed by atoms with Gasteiger partial charge >= 0.3 is 0 Å². The van der Waals surface area contributed by atoms with Gasteiger partial charge in [0.2, 0.25) is 0 Å². The average molecular weight is 1200 g/mol. The molecule has 440 valence electrons. The minimum atomic E-state index is -0.517. The highest BCUT2D eigenvalue weighted by molar-refractivity contribution is 6.21. The predicted molar refractivity (Wildman–Crippen MR) is 390 cm³/mol. The SMILES string of the molecule is C1=C(c2c3cc(N4c5ccccc5CCc5ccccc54)ccc3c(-c3ccc4c(c3)C3(c5ccccc5-c5ccccc53)c3ccccc3-4)c3cc(N4c5ccccc5CCc5ccccc54)ccc23)CCC2=C1C1(c3ccccc32)c2ccccc2-c2ccccc21. The van der Waals surface area contributed by atoms with Crippen LogP contribution in [0, 0.1) is 0 Å². The molecule has 14 aromatic carbocycles. The molecule has 21 rings (SSSR count). The standard InChI is InChI=1S/C92H62N2/c1-17-37-85-57(21-1)41-42-58-22-2-18-38-86(58)93(85)63-47-51-73-75(55-63)89(61-45-49-71-69-29-9-15-35-81(69)91(83(71)53-61)77-31-11-5-25-65(77)66-26-6-12-32-78(66)91)74-52-48-64(94-87-39-19-3-23-59(87)43-44-60-24-4-20-40-88(60)94)56-76(74)90(73)62-46-50-72-70-30-10-16-36-82(70)92(84(72)54-62)79-33-13-7-27-67(79)68-28-8-14-34-80(68)92/h1-40,45,47-49,51-56H,41-44,46,50H2. The lowest BCUT2D eigenvalue weighted by atomic mass is 9.68. The molecule has 0 bridgehead atoms. The number of hydrogen-bond acceptors (Lipinski definition) is 2. The topological polar surface area (TPSA) is 6.48 Å². The summed E-state index contributed by atoms with van der Waals surface area (Å²) in [7, 11) is 0. The molecule has 2 nitrogen and oxygen atoms in total. The van der Waals surface area contributed by atoms with Gasteiger partial charge in [-0.15, -0.1) is 0 Å². The van der Waals surface area contributed by atoms with Crippen molar-refractivity contribution in [3.05, 3.63) is 381 Å². The summed E-state index contributed by atoms with van der Waals surface area (Å²) in [5.41, 5.74) is 38.6. The highest BCUT2D eigenvalue weighted by atomic mass is 15.2. The molecular formula is C92H62N2. The van der Waals surface area contributed by atoms with Crippen LogP contribution in [0.4, 0.5) is 34.1 Å². The molecule has 14 aromatic rings. The second-order valence-corrected chi connectivity index (χ2v) is 27.0. The zero-order chi connectivity index (χ0) is 61.4. The number of allylic oxidation sites excluding steroid dienone is 4. The molecule has 5 aliphatic carbocycles. The number of rotatable bonds is 4. The Labute approximate surface area is 548 Å². The van der Waals surface area contributed by atoms with Crippen molar-refractivity contribution in [2.24, 2.45) is 0 Å². The van der Waals surface area contributed by atoms with Gasteiger partial charge in [-0.2, -0.15) is 0 Å². The molecule has 0 unspecified atom stereocenters. The summed E-state index contributed by atoms with van der Waals surface area (Å²) in [5, 5.41) is 5.02. The Kier molecular flexibility index (Phi) is 10.9. The molecule has 2 aliphatic heterocycles. The first kappa shape index (κ1) is 52.3. The molecule has 0 saturated carbocycles. The lowest BCUT2D eigenvalue weighted by molar-refractivity contribution is 0.782. The van der Waals surface area contributed by atoms with E-state index < -0.39 is 10.8 Å². The van der Waals surface area contributed by atoms with Gasteiger partial charge in [0.15, 0.2) is 0 Å². The second kappa shape index (κ2) is 19.6. The molecular weight excluding hydrogens is 1130 g/mol. The van der Waals surface area contributed by atoms with Gasteiger partial charge in [0.25, 0.3) is 0 Å². The third-order valence-corrected chi connectivity index (χ3v) is 22.8. The number of hydrogen-bond donors (Lipinski definition) is 0. The number of nitrogens with zero attached hydrogens (tertiary/aromatic N) is 2. The van der Waals surface area contributed by atoms with E-state index in [4.69, 9.17) is 0 Å². The first-order chi connectivity index (χ1) is 46.6. The van der Waals surface area contributed by atoms with Gasteiger partial charge in [-0.3, -0.25) is 0 Å². The van der Waals surface area contributed by atoms with E-state index in [0.29, 0.717) is 0 Å². The van der Waals surface area contributed by atoms with Gasteiger partial charge in [0.1, 0.15) is 0 Å². The Bertz CT molecular complexity index is 5530. The molecule has 94 heavy (non-hydrogen) atoms. The number of aryl methyl sites for hydroxylation is 4. The van der Waals surface area contributed by atoms with Crippen LogP contribution in [0.2, 0.25) is 0 Å². The normalized spacial score (nSPS) is 15.8. The summed E-state index contributed by atoms with van der Waals surface area (Å²) in [5.74, 6) is 0. The summed E-state index contributed by atoms with van der Waals surface area (Å²) in [4.78, 5) is 5.16. The fourth-order valence-electron chi connectivity index (χ4n) is 19.1. The van der Waals surface area contributed by atoms with E-state index in [1.165, 1.54) is 178 Å². The van der Waals surface area contributed by atoms with E-state index >= 15 is 0 Å². The zero-order valence-electron chi connectivity index (χ0n) is 52.0. The Hall–Kier alpha value is -11.3. The monoisotopic (exact) mass is 1190 g/mol. The molecule has 2 heterocycles. The molecule has 0 atom stereocenters. The van der Waals surface area contributed by atoms with Crippen LogP contribution in [0.25, 0.3) is 77.2 Å². The lowest BCUT2D eigenvalue weighted by Crippen LogP contribution is -2.27. The summed E-state index contributed by atoms with van der Waals surface area (Å²) in [6.45, 7) is 0. The van der Waals surface area contributed by atoms with Crippen molar-refractivity contribution >= 4 is 66.8 Å². The minimum absolute atomic E-state index is 0.475. The number of anilines is 6. The molecule has 0 N–H and O–H groups in total. The highest BCUT2D eigenvalue weighted by Crippen LogP contribution is 2.66. The summed E-state index contributed by atoms with van der Waals surface area (Å²) in [6.07, 6.45) is 8.43.